The molecule has 1 amide bonds. The number of hydrogen-bond donors (Lipinski definition) is 3. The van der Waals surface area contributed by atoms with Gasteiger partial charge in [0.2, 0.25) is 5.91 Å². The average molecular weight is 468 g/mol. The molecule has 1 aromatic heterocycles. The van der Waals surface area contributed by atoms with Crippen molar-refractivity contribution in [1.82, 2.24) is 30.1 Å². The second-order valence-electron chi connectivity index (χ2n) is 10.7. The molecule has 2 heterocycles. The third-order valence-corrected chi connectivity index (χ3v) is 8.46. The van der Waals surface area contributed by atoms with E-state index >= 15 is 0 Å². The summed E-state index contributed by atoms with van der Waals surface area (Å²) in [6.45, 7) is 3.20. The first kappa shape index (κ1) is 23.4. The number of amides is 1. The Morgan fingerprint density at radius 3 is 2.50 bits per heavy atom. The molecule has 1 aromatic carbocycles. The Labute approximate surface area is 201 Å². The number of aromatic nitrogens is 3. The number of benzene rings is 1. The van der Waals surface area contributed by atoms with Crippen LogP contribution in [0, 0.1) is 0 Å². The van der Waals surface area contributed by atoms with Crippen molar-refractivity contribution in [2.75, 3.05) is 26.8 Å². The number of aliphatic hydroxyl groups is 1. The SMILES string of the molecule is CNC1(c2ccccc2)CCC2(CC1)CN(Cc1cn(CC(N)=O)nn1)CN2CC1(O)CCC1. The molecule has 34 heavy (non-hydrogen) atoms. The number of β-amino-alcohol motifs (C(OH)–C–C–N with tert-alkyl or cyclic N) is 1. The van der Waals surface area contributed by atoms with Crippen molar-refractivity contribution in [2.45, 2.75) is 74.7 Å². The molecule has 9 nitrogen and oxygen atoms in total. The highest BCUT2D eigenvalue weighted by molar-refractivity contribution is 5.73. The van der Waals surface area contributed by atoms with E-state index < -0.39 is 11.5 Å². The van der Waals surface area contributed by atoms with Gasteiger partial charge in [-0.25, -0.2) is 4.68 Å². The smallest absolute Gasteiger partial charge is 0.239 e. The van der Waals surface area contributed by atoms with Crippen molar-refractivity contribution in [3.05, 3.63) is 47.8 Å². The van der Waals surface area contributed by atoms with Gasteiger partial charge in [0.15, 0.2) is 0 Å². The molecule has 5 rings (SSSR count). The second-order valence-corrected chi connectivity index (χ2v) is 10.7. The number of primary amides is 1. The van der Waals surface area contributed by atoms with Crippen LogP contribution in [0.15, 0.2) is 36.5 Å². The van der Waals surface area contributed by atoms with Gasteiger partial charge in [-0.2, -0.15) is 0 Å². The summed E-state index contributed by atoms with van der Waals surface area (Å²) in [6, 6.07) is 10.8. The van der Waals surface area contributed by atoms with Crippen molar-refractivity contribution >= 4 is 5.91 Å². The zero-order chi connectivity index (χ0) is 23.8. The van der Waals surface area contributed by atoms with Crippen molar-refractivity contribution in [3.63, 3.8) is 0 Å². The molecule has 0 unspecified atom stereocenters. The van der Waals surface area contributed by atoms with Crippen molar-refractivity contribution in [1.29, 1.82) is 0 Å². The fraction of sp³-hybridized carbons (Fsp3) is 0.640. The lowest BCUT2D eigenvalue weighted by molar-refractivity contribution is -0.118. The minimum absolute atomic E-state index is 0.00354. The monoisotopic (exact) mass is 467 g/mol. The van der Waals surface area contributed by atoms with E-state index in [0.29, 0.717) is 6.54 Å². The van der Waals surface area contributed by atoms with Gasteiger partial charge in [0.05, 0.1) is 24.2 Å². The van der Waals surface area contributed by atoms with Gasteiger partial charge in [-0.15, -0.1) is 5.10 Å². The standard InChI is InChI=1S/C25H37N7O2/c1-27-25(20-6-3-2-4-7-20)12-10-23(11-13-25)17-30(19-31(23)18-24(34)8-5-9-24)14-21-15-32(29-28-21)16-22(26)33/h2-4,6-7,15,27,34H,5,8-14,16-19H2,1H3,(H2,26,33). The molecule has 1 saturated heterocycles. The van der Waals surface area contributed by atoms with Crippen molar-refractivity contribution in [2.24, 2.45) is 5.73 Å². The van der Waals surface area contributed by atoms with Crippen LogP contribution in [0.2, 0.25) is 0 Å². The van der Waals surface area contributed by atoms with Gasteiger partial charge in [-0.1, -0.05) is 35.5 Å². The predicted molar refractivity (Wildman–Crippen MR) is 128 cm³/mol. The van der Waals surface area contributed by atoms with Crippen LogP contribution in [0.1, 0.15) is 56.2 Å². The summed E-state index contributed by atoms with van der Waals surface area (Å²) in [7, 11) is 2.08. The Morgan fingerprint density at radius 1 is 1.15 bits per heavy atom. The van der Waals surface area contributed by atoms with Crippen LogP contribution < -0.4 is 11.1 Å². The highest BCUT2D eigenvalue weighted by atomic mass is 16.3. The van der Waals surface area contributed by atoms with Crippen LogP contribution in [0.4, 0.5) is 0 Å². The molecule has 1 aliphatic heterocycles. The van der Waals surface area contributed by atoms with E-state index in [9.17, 15) is 9.90 Å². The Hall–Kier alpha value is -2.33. The van der Waals surface area contributed by atoms with Gasteiger partial charge >= 0.3 is 0 Å². The van der Waals surface area contributed by atoms with Crippen molar-refractivity contribution in [3.8, 4) is 0 Å². The molecule has 0 bridgehead atoms. The third kappa shape index (κ3) is 4.49. The topological polar surface area (TPSA) is 113 Å². The molecule has 9 heteroatoms. The molecule has 184 valence electrons. The number of hydrogen-bond acceptors (Lipinski definition) is 7. The van der Waals surface area contributed by atoms with Gasteiger partial charge in [0.25, 0.3) is 0 Å². The van der Waals surface area contributed by atoms with E-state index in [2.05, 4.69) is 62.8 Å². The van der Waals surface area contributed by atoms with Crippen LogP contribution in [0.3, 0.4) is 0 Å². The maximum atomic E-state index is 11.2. The maximum absolute atomic E-state index is 11.2. The molecule has 3 fully saturated rings. The highest BCUT2D eigenvalue weighted by Gasteiger charge is 2.52. The van der Waals surface area contributed by atoms with E-state index in [1.807, 2.05) is 6.20 Å². The van der Waals surface area contributed by atoms with Crippen LogP contribution in [-0.2, 0) is 23.4 Å². The maximum Gasteiger partial charge on any atom is 0.239 e. The summed E-state index contributed by atoms with van der Waals surface area (Å²) in [4.78, 5) is 16.2. The summed E-state index contributed by atoms with van der Waals surface area (Å²) >= 11 is 0. The summed E-state index contributed by atoms with van der Waals surface area (Å²) in [5, 5.41) is 23.0. The molecule has 4 N–H and O–H groups in total. The quantitative estimate of drug-likeness (QED) is 0.534. The molecule has 3 aliphatic rings. The Kier molecular flexibility index (Phi) is 6.22. The van der Waals surface area contributed by atoms with Crippen molar-refractivity contribution < 1.29 is 9.90 Å². The first-order chi connectivity index (χ1) is 16.3. The molecular weight excluding hydrogens is 430 g/mol. The summed E-state index contributed by atoms with van der Waals surface area (Å²) < 4.78 is 1.50. The Morgan fingerprint density at radius 2 is 1.88 bits per heavy atom. The largest absolute Gasteiger partial charge is 0.389 e. The van der Waals surface area contributed by atoms with E-state index in [-0.39, 0.29) is 17.6 Å². The number of carbonyl (C=O) groups is 1. The van der Waals surface area contributed by atoms with Gasteiger partial charge in [-0.05, 0) is 57.6 Å². The fourth-order valence-electron chi connectivity index (χ4n) is 6.31. The summed E-state index contributed by atoms with van der Waals surface area (Å²) in [5.74, 6) is -0.426. The summed E-state index contributed by atoms with van der Waals surface area (Å²) in [6.07, 6.45) is 8.98. The van der Waals surface area contributed by atoms with Gasteiger partial charge in [-0.3, -0.25) is 14.6 Å². The van der Waals surface area contributed by atoms with E-state index in [0.717, 1.165) is 70.4 Å². The van der Waals surface area contributed by atoms with E-state index in [1.54, 1.807) is 0 Å². The van der Waals surface area contributed by atoms with Gasteiger partial charge in [0, 0.05) is 30.7 Å². The number of nitrogens with one attached hydrogen (secondary N) is 1. The van der Waals surface area contributed by atoms with Crippen LogP contribution in [-0.4, -0.2) is 73.8 Å². The van der Waals surface area contributed by atoms with Crippen LogP contribution in [0.25, 0.3) is 0 Å². The van der Waals surface area contributed by atoms with Gasteiger partial charge in [0.1, 0.15) is 6.54 Å². The number of rotatable bonds is 8. The first-order valence-electron chi connectivity index (χ1n) is 12.5. The van der Waals surface area contributed by atoms with Crippen LogP contribution in [0.5, 0.6) is 0 Å². The zero-order valence-corrected chi connectivity index (χ0v) is 20.1. The zero-order valence-electron chi connectivity index (χ0n) is 20.1. The Bertz CT molecular complexity index is 996. The summed E-state index contributed by atoms with van der Waals surface area (Å²) in [5.41, 5.74) is 6.98. The van der Waals surface area contributed by atoms with Crippen LogP contribution >= 0.6 is 0 Å². The number of carbonyl (C=O) groups excluding carboxylic acids is 1. The van der Waals surface area contributed by atoms with E-state index in [1.165, 1.54) is 10.2 Å². The average Bonchev–Trinajstić information content (AvgIpc) is 3.38. The predicted octanol–water partition coefficient (Wildman–Crippen LogP) is 1.18. The normalized spacial score (nSPS) is 29.4. The lowest BCUT2D eigenvalue weighted by Crippen LogP contribution is -2.58. The number of nitrogens with zero attached hydrogens (tertiary/aromatic N) is 5. The molecule has 2 aliphatic carbocycles. The molecule has 2 saturated carbocycles. The molecule has 0 atom stereocenters. The van der Waals surface area contributed by atoms with E-state index in [4.69, 9.17) is 5.73 Å². The molecule has 2 aromatic rings. The molecule has 0 radical (unpaired) electrons. The highest BCUT2D eigenvalue weighted by Crippen LogP contribution is 2.47. The first-order valence-corrected chi connectivity index (χ1v) is 12.5. The lowest BCUT2D eigenvalue weighted by Gasteiger charge is -2.51. The minimum atomic E-state index is -0.551. The lowest BCUT2D eigenvalue weighted by atomic mass is 9.68. The Balaban J connectivity index is 1.33. The second kappa shape index (κ2) is 9.03. The third-order valence-electron chi connectivity index (χ3n) is 8.46. The fourth-order valence-corrected chi connectivity index (χ4v) is 6.31. The molecule has 1 spiro atoms. The number of nitrogens with two attached hydrogens (primary N) is 1. The van der Waals surface area contributed by atoms with Gasteiger partial charge < -0.3 is 16.2 Å². The molecular formula is C25H37N7O2. The minimum Gasteiger partial charge on any atom is -0.389 e.